The molecule has 0 aliphatic rings. The lowest BCUT2D eigenvalue weighted by atomic mass is 10.1. The van der Waals surface area contributed by atoms with Gasteiger partial charge in [-0.1, -0.05) is 13.8 Å². The lowest BCUT2D eigenvalue weighted by Gasteiger charge is -2.18. The molecule has 0 radical (unpaired) electrons. The molecule has 1 aromatic rings. The highest BCUT2D eigenvalue weighted by molar-refractivity contribution is 9.11. The standard InChI is InChI=1S/C14H20Br2N2O2/c1-8(2)9(3)18-13(19)7-20-14-11(15)4-10(6-17)5-12(14)16/h4-5,8-9H,6-7,17H2,1-3H3,(H,18,19). The topological polar surface area (TPSA) is 64.3 Å². The van der Waals surface area contributed by atoms with Crippen LogP contribution in [0.4, 0.5) is 0 Å². The Morgan fingerprint density at radius 2 is 1.85 bits per heavy atom. The largest absolute Gasteiger partial charge is 0.481 e. The zero-order valence-corrected chi connectivity index (χ0v) is 15.0. The maximum absolute atomic E-state index is 11.8. The predicted octanol–water partition coefficient (Wildman–Crippen LogP) is 3.21. The third-order valence-electron chi connectivity index (χ3n) is 3.03. The zero-order chi connectivity index (χ0) is 15.3. The van der Waals surface area contributed by atoms with Crippen LogP contribution in [0.5, 0.6) is 5.75 Å². The maximum Gasteiger partial charge on any atom is 0.258 e. The van der Waals surface area contributed by atoms with Gasteiger partial charge in [0.1, 0.15) is 5.75 Å². The van der Waals surface area contributed by atoms with Gasteiger partial charge >= 0.3 is 0 Å². The number of amides is 1. The molecule has 0 saturated carbocycles. The van der Waals surface area contributed by atoms with Crippen molar-refractivity contribution in [1.82, 2.24) is 5.32 Å². The van der Waals surface area contributed by atoms with Crippen LogP contribution in [-0.4, -0.2) is 18.6 Å². The van der Waals surface area contributed by atoms with Crippen molar-refractivity contribution in [3.63, 3.8) is 0 Å². The first-order chi connectivity index (χ1) is 9.35. The summed E-state index contributed by atoms with van der Waals surface area (Å²) in [5, 5.41) is 2.90. The highest BCUT2D eigenvalue weighted by Crippen LogP contribution is 2.34. The molecule has 0 aliphatic carbocycles. The molecule has 0 aromatic heterocycles. The van der Waals surface area contributed by atoms with E-state index >= 15 is 0 Å². The molecule has 1 aromatic carbocycles. The molecule has 4 nitrogen and oxygen atoms in total. The Bertz CT molecular complexity index is 455. The zero-order valence-electron chi connectivity index (χ0n) is 11.9. The fraction of sp³-hybridized carbons (Fsp3) is 0.500. The van der Waals surface area contributed by atoms with Crippen LogP contribution in [0.1, 0.15) is 26.3 Å². The lowest BCUT2D eigenvalue weighted by molar-refractivity contribution is -0.124. The minimum atomic E-state index is -0.132. The van der Waals surface area contributed by atoms with Crippen LogP contribution >= 0.6 is 31.9 Å². The number of hydrogen-bond donors (Lipinski definition) is 2. The number of benzene rings is 1. The second-order valence-electron chi connectivity index (χ2n) is 4.98. The summed E-state index contributed by atoms with van der Waals surface area (Å²) in [6.07, 6.45) is 0. The summed E-state index contributed by atoms with van der Waals surface area (Å²) in [5.41, 5.74) is 6.58. The number of carbonyl (C=O) groups is 1. The van der Waals surface area contributed by atoms with Gasteiger partial charge in [0.15, 0.2) is 6.61 Å². The number of nitrogens with two attached hydrogens (primary N) is 1. The average molecular weight is 408 g/mol. The maximum atomic E-state index is 11.8. The first-order valence-electron chi connectivity index (χ1n) is 6.45. The van der Waals surface area contributed by atoms with E-state index in [0.29, 0.717) is 18.2 Å². The summed E-state index contributed by atoms with van der Waals surface area (Å²) in [5.74, 6) is 0.865. The number of ether oxygens (including phenoxy) is 1. The normalized spacial score (nSPS) is 12.3. The van der Waals surface area contributed by atoms with Gasteiger partial charge in [-0.3, -0.25) is 4.79 Å². The van der Waals surface area contributed by atoms with E-state index in [9.17, 15) is 4.79 Å². The lowest BCUT2D eigenvalue weighted by Crippen LogP contribution is -2.39. The van der Waals surface area contributed by atoms with Crippen molar-refractivity contribution in [2.45, 2.75) is 33.4 Å². The molecule has 1 amide bonds. The first kappa shape index (κ1) is 17.5. The molecule has 3 N–H and O–H groups in total. The molecule has 0 fully saturated rings. The van der Waals surface area contributed by atoms with Gasteiger partial charge in [0.25, 0.3) is 5.91 Å². The summed E-state index contributed by atoms with van der Waals surface area (Å²) in [4.78, 5) is 11.8. The molecule has 0 saturated heterocycles. The van der Waals surface area contributed by atoms with Gasteiger partial charge in [-0.2, -0.15) is 0 Å². The van der Waals surface area contributed by atoms with Crippen molar-refractivity contribution in [2.75, 3.05) is 6.61 Å². The molecule has 1 atom stereocenters. The van der Waals surface area contributed by atoms with Gasteiger partial charge < -0.3 is 15.8 Å². The van der Waals surface area contributed by atoms with Gasteiger partial charge in [-0.25, -0.2) is 0 Å². The molecular formula is C14H20Br2N2O2. The van der Waals surface area contributed by atoms with Crippen LogP contribution in [0.25, 0.3) is 0 Å². The Hall–Kier alpha value is -0.590. The van der Waals surface area contributed by atoms with Crippen LogP contribution < -0.4 is 15.8 Å². The van der Waals surface area contributed by atoms with Crippen LogP contribution in [0.2, 0.25) is 0 Å². The second-order valence-corrected chi connectivity index (χ2v) is 6.69. The Morgan fingerprint density at radius 1 is 1.30 bits per heavy atom. The van der Waals surface area contributed by atoms with Crippen molar-refractivity contribution in [2.24, 2.45) is 11.7 Å². The summed E-state index contributed by atoms with van der Waals surface area (Å²) >= 11 is 6.84. The van der Waals surface area contributed by atoms with Crippen LogP contribution in [-0.2, 0) is 11.3 Å². The first-order valence-corrected chi connectivity index (χ1v) is 8.03. The Morgan fingerprint density at radius 3 is 2.30 bits per heavy atom. The highest BCUT2D eigenvalue weighted by Gasteiger charge is 2.13. The molecule has 0 bridgehead atoms. The van der Waals surface area contributed by atoms with Crippen molar-refractivity contribution >= 4 is 37.8 Å². The van der Waals surface area contributed by atoms with E-state index in [1.807, 2.05) is 19.1 Å². The van der Waals surface area contributed by atoms with Crippen molar-refractivity contribution in [1.29, 1.82) is 0 Å². The van der Waals surface area contributed by atoms with E-state index in [-0.39, 0.29) is 18.6 Å². The average Bonchev–Trinajstić information content (AvgIpc) is 2.37. The van der Waals surface area contributed by atoms with Gasteiger partial charge in [0.2, 0.25) is 0 Å². The third kappa shape index (κ3) is 5.07. The monoisotopic (exact) mass is 406 g/mol. The Labute approximate surface area is 136 Å². The second kappa shape index (κ2) is 8.00. The summed E-state index contributed by atoms with van der Waals surface area (Å²) in [6, 6.07) is 3.89. The van der Waals surface area contributed by atoms with Crippen molar-refractivity contribution in [3.05, 3.63) is 26.6 Å². The van der Waals surface area contributed by atoms with Crippen LogP contribution in [0.3, 0.4) is 0 Å². The number of hydrogen-bond acceptors (Lipinski definition) is 3. The summed E-state index contributed by atoms with van der Waals surface area (Å²) in [7, 11) is 0. The van der Waals surface area contributed by atoms with Crippen molar-refractivity contribution < 1.29 is 9.53 Å². The van der Waals surface area contributed by atoms with Crippen LogP contribution in [0.15, 0.2) is 21.1 Å². The van der Waals surface area contributed by atoms with E-state index in [1.165, 1.54) is 0 Å². The SMILES string of the molecule is CC(C)C(C)NC(=O)COc1c(Br)cc(CN)cc1Br. The van der Waals surface area contributed by atoms with E-state index in [0.717, 1.165) is 14.5 Å². The molecule has 0 spiro atoms. The number of halogens is 2. The predicted molar refractivity (Wildman–Crippen MR) is 87.7 cm³/mol. The summed E-state index contributed by atoms with van der Waals surface area (Å²) < 4.78 is 7.11. The molecule has 0 heterocycles. The quantitative estimate of drug-likeness (QED) is 0.760. The smallest absolute Gasteiger partial charge is 0.258 e. The van der Waals surface area contributed by atoms with Gasteiger partial charge in [-0.05, 0) is 62.4 Å². The van der Waals surface area contributed by atoms with Gasteiger partial charge in [0, 0.05) is 12.6 Å². The Kier molecular flexibility index (Phi) is 6.99. The fourth-order valence-corrected chi connectivity index (χ4v) is 2.98. The minimum Gasteiger partial charge on any atom is -0.481 e. The third-order valence-corrected chi connectivity index (χ3v) is 4.21. The van der Waals surface area contributed by atoms with Crippen LogP contribution in [0, 0.1) is 5.92 Å². The fourth-order valence-electron chi connectivity index (χ4n) is 1.47. The molecule has 20 heavy (non-hydrogen) atoms. The minimum absolute atomic E-state index is 0.0176. The highest BCUT2D eigenvalue weighted by atomic mass is 79.9. The molecule has 0 aliphatic heterocycles. The van der Waals surface area contributed by atoms with Crippen molar-refractivity contribution in [3.8, 4) is 5.75 Å². The van der Waals surface area contributed by atoms with E-state index in [4.69, 9.17) is 10.5 Å². The molecule has 6 heteroatoms. The number of nitrogens with one attached hydrogen (secondary N) is 1. The number of rotatable bonds is 6. The van der Waals surface area contributed by atoms with E-state index in [2.05, 4.69) is 51.0 Å². The van der Waals surface area contributed by atoms with Gasteiger partial charge in [0.05, 0.1) is 8.95 Å². The van der Waals surface area contributed by atoms with E-state index < -0.39 is 0 Å². The summed E-state index contributed by atoms with van der Waals surface area (Å²) in [6.45, 7) is 6.53. The number of carbonyl (C=O) groups excluding carboxylic acids is 1. The Balaban J connectivity index is 2.64. The molecule has 1 rings (SSSR count). The molecule has 112 valence electrons. The van der Waals surface area contributed by atoms with Gasteiger partial charge in [-0.15, -0.1) is 0 Å². The molecular weight excluding hydrogens is 388 g/mol. The molecule has 1 unspecified atom stereocenters. The van der Waals surface area contributed by atoms with E-state index in [1.54, 1.807) is 0 Å².